The number of morpholine rings is 1. The van der Waals surface area contributed by atoms with E-state index in [4.69, 9.17) is 27.9 Å². The Labute approximate surface area is 130 Å². The van der Waals surface area contributed by atoms with E-state index in [1.54, 1.807) is 0 Å². The Kier molecular flexibility index (Phi) is 4.53. The third kappa shape index (κ3) is 2.83. The highest BCUT2D eigenvalue weighted by molar-refractivity contribution is 6.33. The molecule has 3 unspecified atom stereocenters. The zero-order valence-electron chi connectivity index (χ0n) is 11.6. The molecule has 0 radical (unpaired) electrons. The summed E-state index contributed by atoms with van der Waals surface area (Å²) >= 11 is 12.4. The fourth-order valence-corrected chi connectivity index (χ4v) is 3.75. The van der Waals surface area contributed by atoms with Gasteiger partial charge in [-0.25, -0.2) is 0 Å². The predicted molar refractivity (Wildman–Crippen MR) is 82.6 cm³/mol. The van der Waals surface area contributed by atoms with Crippen molar-refractivity contribution in [3.05, 3.63) is 33.8 Å². The number of nitrogens with one attached hydrogen (secondary N) is 1. The zero-order valence-corrected chi connectivity index (χ0v) is 13.1. The van der Waals surface area contributed by atoms with Crippen molar-refractivity contribution in [1.29, 1.82) is 0 Å². The fraction of sp³-hybridized carbons (Fsp3) is 0.600. The summed E-state index contributed by atoms with van der Waals surface area (Å²) < 4.78 is 6.09. The minimum Gasteiger partial charge on any atom is -0.373 e. The average Bonchev–Trinajstić information content (AvgIpc) is 2.91. The molecule has 3 rings (SSSR count). The number of ether oxygens (including phenoxy) is 1. The molecule has 3 atom stereocenters. The van der Waals surface area contributed by atoms with Crippen LogP contribution < -0.4 is 5.32 Å². The second kappa shape index (κ2) is 6.20. The summed E-state index contributed by atoms with van der Waals surface area (Å²) in [6.07, 6.45) is 2.66. The molecule has 0 amide bonds. The molecule has 2 aliphatic heterocycles. The van der Waals surface area contributed by atoms with Crippen LogP contribution in [-0.2, 0) is 4.74 Å². The minimum atomic E-state index is 0.0720. The van der Waals surface area contributed by atoms with Gasteiger partial charge in [0.15, 0.2) is 0 Å². The van der Waals surface area contributed by atoms with E-state index in [2.05, 4.69) is 10.2 Å². The van der Waals surface area contributed by atoms with Gasteiger partial charge >= 0.3 is 0 Å². The Hall–Kier alpha value is -0.320. The van der Waals surface area contributed by atoms with Gasteiger partial charge in [-0.15, -0.1) is 0 Å². The van der Waals surface area contributed by atoms with E-state index >= 15 is 0 Å². The van der Waals surface area contributed by atoms with Crippen LogP contribution in [0.3, 0.4) is 0 Å². The Morgan fingerprint density at radius 3 is 3.05 bits per heavy atom. The quantitative estimate of drug-likeness (QED) is 0.927. The van der Waals surface area contributed by atoms with Crippen LogP contribution in [0.4, 0.5) is 0 Å². The molecule has 1 N–H and O–H groups in total. The van der Waals surface area contributed by atoms with Crippen LogP contribution in [0, 0.1) is 0 Å². The Morgan fingerprint density at radius 2 is 2.25 bits per heavy atom. The fourth-order valence-electron chi connectivity index (χ4n) is 3.34. The molecule has 5 heteroatoms. The Balaban J connectivity index is 1.81. The highest BCUT2D eigenvalue weighted by Gasteiger charge is 2.36. The van der Waals surface area contributed by atoms with Crippen LogP contribution >= 0.6 is 23.2 Å². The molecule has 20 heavy (non-hydrogen) atoms. The van der Waals surface area contributed by atoms with Gasteiger partial charge in [0.2, 0.25) is 0 Å². The van der Waals surface area contributed by atoms with E-state index in [0.717, 1.165) is 23.7 Å². The molecule has 0 aliphatic carbocycles. The summed E-state index contributed by atoms with van der Waals surface area (Å²) in [5.41, 5.74) is 1.02. The van der Waals surface area contributed by atoms with Crippen molar-refractivity contribution in [2.75, 3.05) is 26.7 Å². The monoisotopic (exact) mass is 314 g/mol. The van der Waals surface area contributed by atoms with Gasteiger partial charge in [0.1, 0.15) is 0 Å². The van der Waals surface area contributed by atoms with Crippen LogP contribution in [0.25, 0.3) is 0 Å². The van der Waals surface area contributed by atoms with Crippen LogP contribution in [0.15, 0.2) is 18.2 Å². The second-order valence-corrected chi connectivity index (χ2v) is 6.44. The van der Waals surface area contributed by atoms with Gasteiger partial charge < -0.3 is 10.1 Å². The molecule has 0 spiro atoms. The largest absolute Gasteiger partial charge is 0.373 e. The predicted octanol–water partition coefficient (Wildman–Crippen LogP) is 3.12. The summed E-state index contributed by atoms with van der Waals surface area (Å²) in [4.78, 5) is 2.54. The Morgan fingerprint density at radius 1 is 1.40 bits per heavy atom. The van der Waals surface area contributed by atoms with Gasteiger partial charge in [-0.3, -0.25) is 4.90 Å². The molecule has 3 nitrogen and oxygen atoms in total. The van der Waals surface area contributed by atoms with Crippen LogP contribution in [-0.4, -0.2) is 43.8 Å². The minimum absolute atomic E-state index is 0.0720. The number of likely N-dealkylation sites (N-methyl/N-ethyl adjacent to an activating group) is 1. The number of halogens is 2. The van der Waals surface area contributed by atoms with Crippen LogP contribution in [0.1, 0.15) is 24.4 Å². The van der Waals surface area contributed by atoms with Crippen molar-refractivity contribution < 1.29 is 4.74 Å². The molecule has 2 heterocycles. The first kappa shape index (κ1) is 14.6. The number of benzene rings is 1. The highest BCUT2D eigenvalue weighted by Crippen LogP contribution is 2.33. The third-order valence-corrected chi connectivity index (χ3v) is 4.97. The molecule has 2 saturated heterocycles. The van der Waals surface area contributed by atoms with Crippen molar-refractivity contribution in [1.82, 2.24) is 10.2 Å². The molecule has 0 aromatic heterocycles. The number of hydrogen-bond donors (Lipinski definition) is 1. The van der Waals surface area contributed by atoms with Gasteiger partial charge in [-0.05, 0) is 50.2 Å². The Bertz CT molecular complexity index is 483. The van der Waals surface area contributed by atoms with E-state index in [1.165, 1.54) is 19.4 Å². The number of fused-ring (bicyclic) bond motifs is 1. The standard InChI is InChI=1S/C15H20Cl2N2O/c1-18-15(12-7-10(16)4-5-13(12)17)14-8-19-6-2-3-11(19)9-20-14/h4-5,7,11,14-15,18H,2-3,6,8-9H2,1H3. The molecular weight excluding hydrogens is 295 g/mol. The van der Waals surface area contributed by atoms with Crippen molar-refractivity contribution in [2.45, 2.75) is 31.0 Å². The van der Waals surface area contributed by atoms with Crippen molar-refractivity contribution in [3.63, 3.8) is 0 Å². The first-order valence-electron chi connectivity index (χ1n) is 7.17. The SMILES string of the molecule is CNC(c1cc(Cl)ccc1Cl)C1CN2CCCC2CO1. The smallest absolute Gasteiger partial charge is 0.0897 e. The maximum Gasteiger partial charge on any atom is 0.0897 e. The topological polar surface area (TPSA) is 24.5 Å². The first-order valence-corrected chi connectivity index (χ1v) is 7.92. The van der Waals surface area contributed by atoms with Crippen molar-refractivity contribution >= 4 is 23.2 Å². The number of nitrogens with zero attached hydrogens (tertiary/aromatic N) is 1. The lowest BCUT2D eigenvalue weighted by atomic mass is 9.99. The van der Waals surface area contributed by atoms with Crippen molar-refractivity contribution in [2.24, 2.45) is 0 Å². The highest BCUT2D eigenvalue weighted by atomic mass is 35.5. The second-order valence-electron chi connectivity index (χ2n) is 5.59. The normalized spacial score (nSPS) is 28.4. The molecule has 1 aromatic rings. The molecule has 0 bridgehead atoms. The lowest BCUT2D eigenvalue weighted by molar-refractivity contribution is -0.0642. The van der Waals surface area contributed by atoms with Gasteiger partial charge in [0.25, 0.3) is 0 Å². The van der Waals surface area contributed by atoms with E-state index in [0.29, 0.717) is 11.1 Å². The molecule has 0 saturated carbocycles. The van der Waals surface area contributed by atoms with Crippen molar-refractivity contribution in [3.8, 4) is 0 Å². The lowest BCUT2D eigenvalue weighted by Gasteiger charge is -2.39. The van der Waals surface area contributed by atoms with Gasteiger partial charge in [-0.1, -0.05) is 23.2 Å². The lowest BCUT2D eigenvalue weighted by Crippen LogP contribution is -2.50. The number of hydrogen-bond acceptors (Lipinski definition) is 3. The van der Waals surface area contributed by atoms with Gasteiger partial charge in [0, 0.05) is 22.6 Å². The first-order chi connectivity index (χ1) is 9.69. The van der Waals surface area contributed by atoms with Gasteiger partial charge in [0.05, 0.1) is 18.8 Å². The van der Waals surface area contributed by atoms with Crippen LogP contribution in [0.5, 0.6) is 0 Å². The van der Waals surface area contributed by atoms with E-state index in [9.17, 15) is 0 Å². The van der Waals surface area contributed by atoms with E-state index in [1.807, 2.05) is 25.2 Å². The summed E-state index contributed by atoms with van der Waals surface area (Å²) in [6.45, 7) is 2.96. The van der Waals surface area contributed by atoms with Gasteiger partial charge in [-0.2, -0.15) is 0 Å². The molecular formula is C15H20Cl2N2O. The molecule has 1 aromatic carbocycles. The summed E-state index contributed by atoms with van der Waals surface area (Å²) in [5.74, 6) is 0. The maximum absolute atomic E-state index is 6.33. The molecule has 110 valence electrons. The summed E-state index contributed by atoms with van der Waals surface area (Å²) in [5, 5.41) is 4.79. The summed E-state index contributed by atoms with van der Waals surface area (Å²) in [7, 11) is 1.95. The maximum atomic E-state index is 6.33. The summed E-state index contributed by atoms with van der Waals surface area (Å²) in [6, 6.07) is 6.29. The molecule has 2 fully saturated rings. The zero-order chi connectivity index (χ0) is 14.1. The number of rotatable bonds is 3. The molecule has 2 aliphatic rings. The van der Waals surface area contributed by atoms with Crippen LogP contribution in [0.2, 0.25) is 10.0 Å². The van der Waals surface area contributed by atoms with E-state index < -0.39 is 0 Å². The third-order valence-electron chi connectivity index (χ3n) is 4.39. The van der Waals surface area contributed by atoms with E-state index in [-0.39, 0.29) is 12.1 Å². The average molecular weight is 315 g/mol.